The Hall–Kier alpha value is 0.460. The molecule has 0 saturated heterocycles. The van der Waals surface area contributed by atoms with E-state index in [0.29, 0.717) is 0 Å². The summed E-state index contributed by atoms with van der Waals surface area (Å²) in [5.41, 5.74) is 0. The van der Waals surface area contributed by atoms with Gasteiger partial charge in [-0.1, -0.05) is 0 Å². The minimum absolute atomic E-state index is 0.292. The molecule has 0 aromatic rings. The normalized spacial score (nSPS) is 16.2. The maximum atomic E-state index is 5.48. The zero-order chi connectivity index (χ0) is 15.8. The van der Waals surface area contributed by atoms with E-state index in [1.54, 1.807) is 42.7 Å². The molecule has 0 aliphatic carbocycles. The molecule has 20 heavy (non-hydrogen) atoms. The van der Waals surface area contributed by atoms with Crippen molar-refractivity contribution in [3.8, 4) is 0 Å². The Kier molecular flexibility index (Phi) is 9.69. The molecule has 0 spiro atoms. The highest BCUT2D eigenvalue weighted by Gasteiger charge is 2.46. The van der Waals surface area contributed by atoms with Crippen molar-refractivity contribution in [1.29, 1.82) is 0 Å². The molecule has 0 radical (unpaired) electrons. The standard InChI is InChI=1S/C12H26O6S2/c1-9(13-3)11(15-5,16-6)19-20-12(17-7,18-8)10(2)14-4/h9-10H,1-8H3. The van der Waals surface area contributed by atoms with Crippen molar-refractivity contribution >= 4 is 21.6 Å². The number of rotatable bonds is 11. The highest BCUT2D eigenvalue weighted by Crippen LogP contribution is 2.49. The van der Waals surface area contributed by atoms with E-state index in [2.05, 4.69) is 0 Å². The fourth-order valence-corrected chi connectivity index (χ4v) is 4.80. The summed E-state index contributed by atoms with van der Waals surface area (Å²) in [6.45, 7) is 3.73. The van der Waals surface area contributed by atoms with Crippen LogP contribution in [-0.2, 0) is 28.4 Å². The van der Waals surface area contributed by atoms with Gasteiger partial charge in [0.1, 0.15) is 12.2 Å². The Bertz CT molecular complexity index is 232. The molecule has 0 N–H and O–H groups in total. The molecule has 2 unspecified atom stereocenters. The van der Waals surface area contributed by atoms with Crippen LogP contribution in [0.2, 0.25) is 0 Å². The second kappa shape index (κ2) is 9.47. The van der Waals surface area contributed by atoms with Gasteiger partial charge in [0.15, 0.2) is 0 Å². The molecular formula is C12H26O6S2. The van der Waals surface area contributed by atoms with Gasteiger partial charge in [-0.25, -0.2) is 0 Å². The molecule has 0 aromatic heterocycles. The lowest BCUT2D eigenvalue weighted by molar-refractivity contribution is -0.198. The van der Waals surface area contributed by atoms with Crippen LogP contribution in [0.3, 0.4) is 0 Å². The van der Waals surface area contributed by atoms with Crippen LogP contribution >= 0.6 is 21.6 Å². The third-order valence-electron chi connectivity index (χ3n) is 3.11. The Morgan fingerprint density at radius 3 is 1.00 bits per heavy atom. The van der Waals surface area contributed by atoms with E-state index in [-0.39, 0.29) is 12.2 Å². The van der Waals surface area contributed by atoms with E-state index in [4.69, 9.17) is 28.4 Å². The number of hydrogen-bond donors (Lipinski definition) is 0. The van der Waals surface area contributed by atoms with Crippen molar-refractivity contribution in [2.24, 2.45) is 0 Å². The van der Waals surface area contributed by atoms with Crippen LogP contribution in [0, 0.1) is 0 Å². The Morgan fingerprint density at radius 1 is 0.600 bits per heavy atom. The fourth-order valence-electron chi connectivity index (χ4n) is 1.51. The lowest BCUT2D eigenvalue weighted by Gasteiger charge is -2.39. The van der Waals surface area contributed by atoms with Gasteiger partial charge in [-0.2, -0.15) is 0 Å². The maximum absolute atomic E-state index is 5.48. The first kappa shape index (κ1) is 20.5. The van der Waals surface area contributed by atoms with Crippen LogP contribution in [0.1, 0.15) is 13.8 Å². The van der Waals surface area contributed by atoms with Gasteiger partial charge < -0.3 is 28.4 Å². The van der Waals surface area contributed by atoms with Gasteiger partial charge in [0.2, 0.25) is 0 Å². The van der Waals surface area contributed by atoms with Crippen molar-refractivity contribution in [3.63, 3.8) is 0 Å². The van der Waals surface area contributed by atoms with Crippen molar-refractivity contribution in [3.05, 3.63) is 0 Å². The van der Waals surface area contributed by atoms with Gasteiger partial charge in [-0.15, -0.1) is 0 Å². The molecule has 0 amide bonds. The summed E-state index contributed by atoms with van der Waals surface area (Å²) >= 11 is 0. The van der Waals surface area contributed by atoms with Crippen molar-refractivity contribution in [2.75, 3.05) is 42.7 Å². The molecule has 0 bridgehead atoms. The maximum Gasteiger partial charge on any atom is 0.254 e. The smallest absolute Gasteiger partial charge is 0.254 e. The van der Waals surface area contributed by atoms with Gasteiger partial charge in [-0.3, -0.25) is 0 Å². The molecule has 0 saturated carbocycles. The van der Waals surface area contributed by atoms with E-state index in [1.807, 2.05) is 13.8 Å². The van der Waals surface area contributed by atoms with Gasteiger partial charge in [0.25, 0.3) is 10.2 Å². The lowest BCUT2D eigenvalue weighted by atomic mass is 10.4. The first-order valence-corrected chi connectivity index (χ1v) is 8.19. The zero-order valence-corrected chi connectivity index (χ0v) is 15.1. The van der Waals surface area contributed by atoms with Crippen LogP contribution in [0.25, 0.3) is 0 Å². The largest absolute Gasteiger partial charge is 0.375 e. The lowest BCUT2D eigenvalue weighted by Crippen LogP contribution is -2.45. The number of hydrogen-bond acceptors (Lipinski definition) is 8. The predicted molar refractivity (Wildman–Crippen MR) is 81.6 cm³/mol. The van der Waals surface area contributed by atoms with Crippen LogP contribution in [-0.4, -0.2) is 65.1 Å². The first-order chi connectivity index (χ1) is 9.41. The molecule has 2 atom stereocenters. The van der Waals surface area contributed by atoms with Gasteiger partial charge >= 0.3 is 0 Å². The first-order valence-electron chi connectivity index (χ1n) is 6.04. The van der Waals surface area contributed by atoms with Crippen molar-refractivity contribution < 1.29 is 28.4 Å². The molecular weight excluding hydrogens is 304 g/mol. The summed E-state index contributed by atoms with van der Waals surface area (Å²) in [5, 5.41) is -1.95. The molecule has 8 heteroatoms. The van der Waals surface area contributed by atoms with Crippen LogP contribution in [0.15, 0.2) is 0 Å². The molecule has 0 aromatic carbocycles. The summed E-state index contributed by atoms with van der Waals surface area (Å²) < 4.78 is 32.6. The average molecular weight is 330 g/mol. The van der Waals surface area contributed by atoms with Crippen LogP contribution in [0.4, 0.5) is 0 Å². The van der Waals surface area contributed by atoms with Crippen LogP contribution in [0.5, 0.6) is 0 Å². The minimum Gasteiger partial charge on any atom is -0.375 e. The molecule has 0 aliphatic heterocycles. The zero-order valence-electron chi connectivity index (χ0n) is 13.4. The van der Waals surface area contributed by atoms with E-state index >= 15 is 0 Å². The molecule has 0 heterocycles. The minimum atomic E-state index is -0.977. The summed E-state index contributed by atoms with van der Waals surface area (Å²) in [7, 11) is 12.1. The molecule has 6 nitrogen and oxygen atoms in total. The van der Waals surface area contributed by atoms with Crippen LogP contribution < -0.4 is 0 Å². The summed E-state index contributed by atoms with van der Waals surface area (Å²) in [5.74, 6) is 0. The fraction of sp³-hybridized carbons (Fsp3) is 1.00. The topological polar surface area (TPSA) is 55.4 Å². The SMILES string of the molecule is COC(C)C(OC)(OC)SSC(OC)(OC)C(C)OC. The van der Waals surface area contributed by atoms with Crippen molar-refractivity contribution in [2.45, 2.75) is 36.3 Å². The van der Waals surface area contributed by atoms with Crippen molar-refractivity contribution in [1.82, 2.24) is 0 Å². The summed E-state index contributed by atoms with van der Waals surface area (Å²) in [6.07, 6.45) is -0.585. The molecule has 0 fully saturated rings. The number of methoxy groups -OCH3 is 6. The molecule has 0 aliphatic rings. The van der Waals surface area contributed by atoms with Gasteiger partial charge in [0.05, 0.1) is 0 Å². The predicted octanol–water partition coefficient (Wildman–Crippen LogP) is 2.33. The average Bonchev–Trinajstić information content (AvgIpc) is 2.51. The van der Waals surface area contributed by atoms with E-state index < -0.39 is 10.2 Å². The third kappa shape index (κ3) is 4.48. The van der Waals surface area contributed by atoms with E-state index in [9.17, 15) is 0 Å². The molecule has 0 rings (SSSR count). The molecule has 122 valence electrons. The highest BCUT2D eigenvalue weighted by molar-refractivity contribution is 8.77. The second-order valence-electron chi connectivity index (χ2n) is 3.95. The monoisotopic (exact) mass is 330 g/mol. The second-order valence-corrected chi connectivity index (χ2v) is 6.42. The quantitative estimate of drug-likeness (QED) is 0.423. The summed E-state index contributed by atoms with van der Waals surface area (Å²) in [4.78, 5) is 0. The third-order valence-corrected chi connectivity index (χ3v) is 6.64. The van der Waals surface area contributed by atoms with Gasteiger partial charge in [-0.05, 0) is 35.4 Å². The summed E-state index contributed by atoms with van der Waals surface area (Å²) in [6, 6.07) is 0. The number of ether oxygens (including phenoxy) is 6. The van der Waals surface area contributed by atoms with E-state index in [1.165, 1.54) is 21.6 Å². The van der Waals surface area contributed by atoms with Gasteiger partial charge in [0, 0.05) is 42.7 Å². The highest BCUT2D eigenvalue weighted by atomic mass is 33.1. The Morgan fingerprint density at radius 2 is 0.850 bits per heavy atom. The van der Waals surface area contributed by atoms with E-state index in [0.717, 1.165) is 0 Å². The Balaban J connectivity index is 5.06. The Labute approximate surface area is 129 Å².